The van der Waals surface area contributed by atoms with E-state index in [-0.39, 0.29) is 11.8 Å². The number of nitrogens with one attached hydrogen (secondary N) is 1. The molecule has 0 radical (unpaired) electrons. The average Bonchev–Trinajstić information content (AvgIpc) is 3.52. The molecule has 8 heteroatoms. The maximum atomic E-state index is 13.3. The number of fused-ring (bicyclic) bond motifs is 2. The molecule has 0 unspecified atom stereocenters. The Kier molecular flexibility index (Phi) is 4.47. The Hall–Kier alpha value is -3.00. The number of aromatic amines is 1. The number of imidazole rings is 1. The van der Waals surface area contributed by atoms with Crippen molar-refractivity contribution in [3.8, 4) is 11.5 Å². The zero-order valence-corrected chi connectivity index (χ0v) is 18.3. The highest BCUT2D eigenvalue weighted by atomic mass is 32.1. The SMILES string of the molecule is COc1ccc(OC)c2[nH]c(C(=O)N3CC[C@@H](c4nc(C)n5c(C)csc45)C3)cc12. The lowest BCUT2D eigenvalue weighted by Crippen LogP contribution is -2.28. The molecule has 0 bridgehead atoms. The van der Waals surface area contributed by atoms with Gasteiger partial charge in [0.15, 0.2) is 0 Å². The highest BCUT2D eigenvalue weighted by Gasteiger charge is 2.32. The molecule has 4 heterocycles. The fraction of sp³-hybridized carbons (Fsp3) is 0.364. The highest BCUT2D eigenvalue weighted by molar-refractivity contribution is 7.15. The first-order valence-electron chi connectivity index (χ1n) is 9.97. The first-order valence-corrected chi connectivity index (χ1v) is 10.9. The number of aromatic nitrogens is 3. The van der Waals surface area contributed by atoms with Gasteiger partial charge in [0.25, 0.3) is 5.91 Å². The molecular weight excluding hydrogens is 400 g/mol. The molecule has 7 nitrogen and oxygen atoms in total. The first-order chi connectivity index (χ1) is 14.5. The number of H-pyrrole nitrogens is 1. The summed E-state index contributed by atoms with van der Waals surface area (Å²) in [6.45, 7) is 5.53. The second-order valence-electron chi connectivity index (χ2n) is 7.74. The number of nitrogens with zero attached hydrogens (tertiary/aromatic N) is 3. The molecule has 3 aromatic heterocycles. The van der Waals surface area contributed by atoms with Gasteiger partial charge in [-0.05, 0) is 38.5 Å². The Bertz CT molecular complexity index is 1230. The normalized spacial score (nSPS) is 16.7. The fourth-order valence-electron chi connectivity index (χ4n) is 4.49. The molecule has 1 atom stereocenters. The van der Waals surface area contributed by atoms with Gasteiger partial charge in [-0.3, -0.25) is 9.20 Å². The van der Waals surface area contributed by atoms with E-state index in [1.165, 1.54) is 10.5 Å². The zero-order chi connectivity index (χ0) is 21.0. The van der Waals surface area contributed by atoms with Crippen LogP contribution in [0.15, 0.2) is 23.6 Å². The molecule has 1 amide bonds. The highest BCUT2D eigenvalue weighted by Crippen LogP contribution is 2.36. The van der Waals surface area contributed by atoms with Crippen molar-refractivity contribution >= 4 is 33.0 Å². The van der Waals surface area contributed by atoms with Crippen LogP contribution in [0, 0.1) is 13.8 Å². The molecule has 1 N–H and O–H groups in total. The molecule has 1 saturated heterocycles. The molecule has 1 fully saturated rings. The predicted molar refractivity (Wildman–Crippen MR) is 117 cm³/mol. The zero-order valence-electron chi connectivity index (χ0n) is 17.5. The number of ether oxygens (including phenoxy) is 2. The van der Waals surface area contributed by atoms with Crippen molar-refractivity contribution in [2.45, 2.75) is 26.2 Å². The number of amides is 1. The summed E-state index contributed by atoms with van der Waals surface area (Å²) in [7, 11) is 3.25. The maximum absolute atomic E-state index is 13.3. The summed E-state index contributed by atoms with van der Waals surface area (Å²) in [5, 5.41) is 3.01. The van der Waals surface area contributed by atoms with Crippen LogP contribution in [0.1, 0.15) is 40.0 Å². The van der Waals surface area contributed by atoms with Gasteiger partial charge in [-0.1, -0.05) is 0 Å². The van der Waals surface area contributed by atoms with Gasteiger partial charge in [-0.25, -0.2) is 4.98 Å². The summed E-state index contributed by atoms with van der Waals surface area (Å²) < 4.78 is 13.1. The Labute approximate surface area is 178 Å². The van der Waals surface area contributed by atoms with Gasteiger partial charge in [-0.15, -0.1) is 11.3 Å². The minimum absolute atomic E-state index is 0.00709. The van der Waals surface area contributed by atoms with Crippen molar-refractivity contribution in [3.05, 3.63) is 46.5 Å². The van der Waals surface area contributed by atoms with Crippen LogP contribution in [0.3, 0.4) is 0 Å². The number of hydrogen-bond donors (Lipinski definition) is 1. The fourth-order valence-corrected chi connectivity index (χ4v) is 5.59. The number of likely N-dealkylation sites (tertiary alicyclic amines) is 1. The molecule has 0 aliphatic carbocycles. The second-order valence-corrected chi connectivity index (χ2v) is 8.60. The van der Waals surface area contributed by atoms with Crippen molar-refractivity contribution in [3.63, 3.8) is 0 Å². The van der Waals surface area contributed by atoms with Crippen LogP contribution < -0.4 is 9.47 Å². The van der Waals surface area contributed by atoms with Gasteiger partial charge in [0.2, 0.25) is 0 Å². The lowest BCUT2D eigenvalue weighted by molar-refractivity contribution is 0.0786. The summed E-state index contributed by atoms with van der Waals surface area (Å²) in [5.74, 6) is 2.66. The number of benzene rings is 1. The summed E-state index contributed by atoms with van der Waals surface area (Å²) in [6, 6.07) is 5.55. The smallest absolute Gasteiger partial charge is 0.270 e. The monoisotopic (exact) mass is 424 g/mol. The Balaban J connectivity index is 1.44. The Morgan fingerprint density at radius 3 is 2.77 bits per heavy atom. The van der Waals surface area contributed by atoms with Crippen molar-refractivity contribution < 1.29 is 14.3 Å². The average molecular weight is 425 g/mol. The molecule has 1 aliphatic rings. The van der Waals surface area contributed by atoms with E-state index in [2.05, 4.69) is 21.7 Å². The van der Waals surface area contributed by atoms with E-state index in [4.69, 9.17) is 14.5 Å². The van der Waals surface area contributed by atoms with Crippen LogP contribution >= 0.6 is 11.3 Å². The van der Waals surface area contributed by atoms with Gasteiger partial charge in [0.1, 0.15) is 27.8 Å². The van der Waals surface area contributed by atoms with Gasteiger partial charge in [0.05, 0.1) is 25.4 Å². The van der Waals surface area contributed by atoms with E-state index in [9.17, 15) is 4.79 Å². The summed E-state index contributed by atoms with van der Waals surface area (Å²) in [5.41, 5.74) is 3.64. The number of aryl methyl sites for hydroxylation is 2. The molecule has 1 aliphatic heterocycles. The third-order valence-corrected chi connectivity index (χ3v) is 7.04. The lowest BCUT2D eigenvalue weighted by atomic mass is 10.1. The summed E-state index contributed by atoms with van der Waals surface area (Å²) in [6.07, 6.45) is 0.918. The van der Waals surface area contributed by atoms with E-state index >= 15 is 0 Å². The lowest BCUT2D eigenvalue weighted by Gasteiger charge is -2.15. The second kappa shape index (κ2) is 7.05. The molecule has 4 aromatic rings. The van der Waals surface area contributed by atoms with Crippen molar-refractivity contribution in [1.29, 1.82) is 0 Å². The largest absolute Gasteiger partial charge is 0.496 e. The van der Waals surface area contributed by atoms with Crippen LogP contribution in [0.5, 0.6) is 11.5 Å². The minimum atomic E-state index is -0.00709. The van der Waals surface area contributed by atoms with E-state index in [1.54, 1.807) is 25.6 Å². The third-order valence-electron chi connectivity index (χ3n) is 5.97. The molecule has 1 aromatic carbocycles. The van der Waals surface area contributed by atoms with E-state index in [0.29, 0.717) is 23.7 Å². The van der Waals surface area contributed by atoms with Gasteiger partial charge < -0.3 is 19.4 Å². The molecule has 5 rings (SSSR count). The standard InChI is InChI=1S/C22H24N4O3S/c1-12-11-30-22-19(23-13(2)26(12)22)14-7-8-25(10-14)21(27)16-9-15-17(28-3)5-6-18(29-4)20(15)24-16/h5-6,9,11,14,24H,7-8,10H2,1-4H3/t14-/m1/s1. The van der Waals surface area contributed by atoms with E-state index in [0.717, 1.165) is 35.4 Å². The van der Waals surface area contributed by atoms with Crippen molar-refractivity contribution in [2.24, 2.45) is 0 Å². The first kappa shape index (κ1) is 19.0. The van der Waals surface area contributed by atoms with Gasteiger partial charge >= 0.3 is 0 Å². The molecule has 0 saturated carbocycles. The van der Waals surface area contributed by atoms with Crippen molar-refractivity contribution in [2.75, 3.05) is 27.3 Å². The maximum Gasteiger partial charge on any atom is 0.270 e. The van der Waals surface area contributed by atoms with Crippen LogP contribution in [-0.4, -0.2) is 52.5 Å². The molecular formula is C22H24N4O3S. The van der Waals surface area contributed by atoms with Gasteiger partial charge in [-0.2, -0.15) is 0 Å². The Morgan fingerprint density at radius 2 is 2.00 bits per heavy atom. The Morgan fingerprint density at radius 1 is 1.23 bits per heavy atom. The quantitative estimate of drug-likeness (QED) is 0.534. The number of rotatable bonds is 4. The molecule has 156 valence electrons. The van der Waals surface area contributed by atoms with Crippen LogP contribution in [0.2, 0.25) is 0 Å². The van der Waals surface area contributed by atoms with Crippen LogP contribution in [0.25, 0.3) is 15.7 Å². The van der Waals surface area contributed by atoms with E-state index in [1.807, 2.05) is 30.0 Å². The molecule has 0 spiro atoms. The number of methoxy groups -OCH3 is 2. The van der Waals surface area contributed by atoms with Crippen LogP contribution in [0.4, 0.5) is 0 Å². The van der Waals surface area contributed by atoms with Gasteiger partial charge in [0, 0.05) is 35.5 Å². The predicted octanol–water partition coefficient (Wildman–Crippen LogP) is 4.14. The third kappa shape index (κ3) is 2.78. The summed E-state index contributed by atoms with van der Waals surface area (Å²) >= 11 is 1.73. The topological polar surface area (TPSA) is 71.9 Å². The number of thiazole rings is 1. The number of hydrogen-bond acceptors (Lipinski definition) is 5. The molecule has 30 heavy (non-hydrogen) atoms. The summed E-state index contributed by atoms with van der Waals surface area (Å²) in [4.78, 5) is 24.4. The van der Waals surface area contributed by atoms with Crippen molar-refractivity contribution in [1.82, 2.24) is 19.3 Å². The minimum Gasteiger partial charge on any atom is -0.496 e. The number of carbonyl (C=O) groups excluding carboxylic acids is 1. The van der Waals surface area contributed by atoms with Crippen LogP contribution in [-0.2, 0) is 0 Å². The van der Waals surface area contributed by atoms with E-state index < -0.39 is 0 Å². The number of carbonyl (C=O) groups is 1.